The molecule has 6 heteroatoms. The van der Waals surface area contributed by atoms with E-state index < -0.39 is 5.97 Å². The predicted octanol–water partition coefficient (Wildman–Crippen LogP) is 1.85. The van der Waals surface area contributed by atoms with E-state index in [0.717, 1.165) is 13.1 Å². The topological polar surface area (TPSA) is 60.2 Å². The number of hydrogen-bond acceptors (Lipinski definition) is 5. The van der Waals surface area contributed by atoms with Crippen molar-refractivity contribution in [2.24, 2.45) is 0 Å². The molecule has 0 amide bonds. The largest absolute Gasteiger partial charge is 0.463 e. The number of hydrogen-bond donors (Lipinski definition) is 0. The molecule has 0 saturated heterocycles. The van der Waals surface area contributed by atoms with Gasteiger partial charge in [-0.25, -0.2) is 14.5 Å². The molecular formula is C15H20N4O2. The molecule has 0 aliphatic carbocycles. The Balaban J connectivity index is 2.02. The van der Waals surface area contributed by atoms with Crippen molar-refractivity contribution in [3.63, 3.8) is 0 Å². The first-order valence-corrected chi connectivity index (χ1v) is 6.88. The average Bonchev–Trinajstić information content (AvgIpc) is 2.94. The van der Waals surface area contributed by atoms with Gasteiger partial charge in [0.15, 0.2) is 0 Å². The summed E-state index contributed by atoms with van der Waals surface area (Å²) in [5, 5.41) is 4.12. The standard InChI is InChI=1S/C15H20N4O2/c1-4-18(9-13-7-5-6-12(2)8-13)11-19-10-16-14(17-19)15(20)21-3/h5-8,10H,4,9,11H2,1-3H3. The van der Waals surface area contributed by atoms with Crippen molar-refractivity contribution in [1.82, 2.24) is 19.7 Å². The number of benzene rings is 1. The lowest BCUT2D eigenvalue weighted by Gasteiger charge is -2.20. The zero-order valence-electron chi connectivity index (χ0n) is 12.6. The normalized spacial score (nSPS) is 10.9. The molecule has 0 fully saturated rings. The van der Waals surface area contributed by atoms with E-state index in [1.807, 2.05) is 0 Å². The van der Waals surface area contributed by atoms with Gasteiger partial charge in [0.2, 0.25) is 0 Å². The summed E-state index contributed by atoms with van der Waals surface area (Å²) in [7, 11) is 1.32. The molecule has 1 aromatic heterocycles. The first kappa shape index (κ1) is 15.2. The number of aryl methyl sites for hydroxylation is 1. The number of ether oxygens (including phenoxy) is 1. The molecule has 0 N–H and O–H groups in total. The Hall–Kier alpha value is -2.21. The van der Waals surface area contributed by atoms with Crippen LogP contribution < -0.4 is 0 Å². The zero-order valence-corrected chi connectivity index (χ0v) is 12.6. The molecule has 0 bridgehead atoms. The van der Waals surface area contributed by atoms with Crippen LogP contribution in [-0.2, 0) is 18.0 Å². The van der Waals surface area contributed by atoms with Gasteiger partial charge in [0.1, 0.15) is 6.33 Å². The van der Waals surface area contributed by atoms with E-state index in [-0.39, 0.29) is 5.82 Å². The SMILES string of the molecule is CCN(Cc1cccc(C)c1)Cn1cnc(C(=O)OC)n1. The van der Waals surface area contributed by atoms with Crippen molar-refractivity contribution < 1.29 is 9.53 Å². The number of aromatic nitrogens is 3. The minimum absolute atomic E-state index is 0.0871. The molecule has 1 aromatic carbocycles. The van der Waals surface area contributed by atoms with Crippen LogP contribution in [0.5, 0.6) is 0 Å². The fourth-order valence-corrected chi connectivity index (χ4v) is 2.08. The molecule has 0 atom stereocenters. The summed E-state index contributed by atoms with van der Waals surface area (Å²) in [5.41, 5.74) is 2.50. The molecule has 0 spiro atoms. The van der Waals surface area contributed by atoms with Gasteiger partial charge in [0.05, 0.1) is 13.8 Å². The molecule has 2 rings (SSSR count). The molecule has 6 nitrogen and oxygen atoms in total. The molecule has 0 radical (unpaired) electrons. The van der Waals surface area contributed by atoms with Gasteiger partial charge in [0.25, 0.3) is 5.82 Å². The van der Waals surface area contributed by atoms with Gasteiger partial charge >= 0.3 is 5.97 Å². The lowest BCUT2D eigenvalue weighted by molar-refractivity contribution is 0.0585. The molecule has 2 aromatic rings. The van der Waals surface area contributed by atoms with Gasteiger partial charge in [-0.1, -0.05) is 36.8 Å². The van der Waals surface area contributed by atoms with Crippen LogP contribution in [0.1, 0.15) is 28.7 Å². The van der Waals surface area contributed by atoms with Crippen molar-refractivity contribution in [3.8, 4) is 0 Å². The average molecular weight is 288 g/mol. The van der Waals surface area contributed by atoms with E-state index in [2.05, 4.69) is 57.8 Å². The van der Waals surface area contributed by atoms with Crippen LogP contribution in [-0.4, -0.2) is 39.3 Å². The number of rotatable bonds is 6. The van der Waals surface area contributed by atoms with E-state index in [1.54, 1.807) is 11.0 Å². The van der Waals surface area contributed by atoms with Crippen LogP contribution in [0.25, 0.3) is 0 Å². The fourth-order valence-electron chi connectivity index (χ4n) is 2.08. The van der Waals surface area contributed by atoms with E-state index in [1.165, 1.54) is 18.2 Å². The van der Waals surface area contributed by atoms with Gasteiger partial charge < -0.3 is 4.74 Å². The fraction of sp³-hybridized carbons (Fsp3) is 0.400. The predicted molar refractivity (Wildman–Crippen MR) is 78.6 cm³/mol. The molecule has 0 aliphatic heterocycles. The Labute approximate surface area is 124 Å². The maximum Gasteiger partial charge on any atom is 0.377 e. The van der Waals surface area contributed by atoms with Crippen molar-refractivity contribution in [2.75, 3.05) is 13.7 Å². The van der Waals surface area contributed by atoms with Gasteiger partial charge in [0, 0.05) is 6.54 Å². The molecule has 1 heterocycles. The molecule has 0 aliphatic rings. The third-order valence-corrected chi connectivity index (χ3v) is 3.19. The third-order valence-electron chi connectivity index (χ3n) is 3.19. The summed E-state index contributed by atoms with van der Waals surface area (Å²) in [6, 6.07) is 8.42. The molecule has 21 heavy (non-hydrogen) atoms. The first-order valence-electron chi connectivity index (χ1n) is 6.88. The first-order chi connectivity index (χ1) is 10.1. The minimum Gasteiger partial charge on any atom is -0.463 e. The maximum atomic E-state index is 11.3. The quantitative estimate of drug-likeness (QED) is 0.759. The van der Waals surface area contributed by atoms with Crippen LogP contribution in [0.15, 0.2) is 30.6 Å². The van der Waals surface area contributed by atoms with Crippen LogP contribution in [0.4, 0.5) is 0 Å². The number of methoxy groups -OCH3 is 1. The van der Waals surface area contributed by atoms with Crippen LogP contribution in [0, 0.1) is 6.92 Å². The highest BCUT2D eigenvalue weighted by molar-refractivity contribution is 5.84. The van der Waals surface area contributed by atoms with Crippen LogP contribution >= 0.6 is 0 Å². The maximum absolute atomic E-state index is 11.3. The van der Waals surface area contributed by atoms with Gasteiger partial charge in [-0.15, -0.1) is 5.10 Å². The van der Waals surface area contributed by atoms with Gasteiger partial charge in [-0.2, -0.15) is 0 Å². The number of carbonyl (C=O) groups is 1. The molecule has 112 valence electrons. The summed E-state index contributed by atoms with van der Waals surface area (Å²) in [5.74, 6) is -0.431. The Bertz CT molecular complexity index is 609. The van der Waals surface area contributed by atoms with Crippen molar-refractivity contribution >= 4 is 5.97 Å². The van der Waals surface area contributed by atoms with Crippen molar-refractivity contribution in [2.45, 2.75) is 27.1 Å². The van der Waals surface area contributed by atoms with Crippen molar-refractivity contribution in [3.05, 3.63) is 47.5 Å². The Morgan fingerprint density at radius 2 is 2.24 bits per heavy atom. The smallest absolute Gasteiger partial charge is 0.377 e. The number of nitrogens with zero attached hydrogens (tertiary/aromatic N) is 4. The minimum atomic E-state index is -0.518. The summed E-state index contributed by atoms with van der Waals surface area (Å²) in [4.78, 5) is 17.5. The summed E-state index contributed by atoms with van der Waals surface area (Å²) >= 11 is 0. The summed E-state index contributed by atoms with van der Waals surface area (Å²) in [6.45, 7) is 6.45. The monoisotopic (exact) mass is 288 g/mol. The molecular weight excluding hydrogens is 268 g/mol. The highest BCUT2D eigenvalue weighted by Gasteiger charge is 2.12. The zero-order chi connectivity index (χ0) is 15.2. The Kier molecular flexibility index (Phi) is 5.05. The Morgan fingerprint density at radius 1 is 1.43 bits per heavy atom. The number of esters is 1. The summed E-state index contributed by atoms with van der Waals surface area (Å²) in [6.07, 6.45) is 1.55. The second-order valence-corrected chi connectivity index (χ2v) is 4.87. The highest BCUT2D eigenvalue weighted by atomic mass is 16.5. The molecule has 0 unspecified atom stereocenters. The van der Waals surface area contributed by atoms with Crippen LogP contribution in [0.3, 0.4) is 0 Å². The Morgan fingerprint density at radius 3 is 2.90 bits per heavy atom. The summed E-state index contributed by atoms with van der Waals surface area (Å²) < 4.78 is 6.24. The van der Waals surface area contributed by atoms with E-state index in [4.69, 9.17) is 0 Å². The second kappa shape index (κ2) is 6.99. The van der Waals surface area contributed by atoms with E-state index >= 15 is 0 Å². The van der Waals surface area contributed by atoms with Crippen molar-refractivity contribution in [1.29, 1.82) is 0 Å². The number of carbonyl (C=O) groups excluding carboxylic acids is 1. The molecule has 0 saturated carbocycles. The van der Waals surface area contributed by atoms with Gasteiger partial charge in [-0.05, 0) is 19.0 Å². The third kappa shape index (κ3) is 4.13. The second-order valence-electron chi connectivity index (χ2n) is 4.87. The van der Waals surface area contributed by atoms with E-state index in [9.17, 15) is 4.79 Å². The highest BCUT2D eigenvalue weighted by Crippen LogP contribution is 2.08. The van der Waals surface area contributed by atoms with Gasteiger partial charge in [-0.3, -0.25) is 4.90 Å². The lowest BCUT2D eigenvalue weighted by atomic mass is 10.1. The van der Waals surface area contributed by atoms with E-state index in [0.29, 0.717) is 6.67 Å². The van der Waals surface area contributed by atoms with Crippen LogP contribution in [0.2, 0.25) is 0 Å². The lowest BCUT2D eigenvalue weighted by Crippen LogP contribution is -2.26.